The molecular formula is C50H92F12N4O8S4. The molecule has 78 heavy (non-hydrogen) atoms. The molecule has 4 aliphatic heterocycles. The molecule has 0 unspecified atom stereocenters. The van der Waals surface area contributed by atoms with Gasteiger partial charge < -0.3 is 13.9 Å². The van der Waals surface area contributed by atoms with Crippen LogP contribution in [0.1, 0.15) is 245 Å². The van der Waals surface area contributed by atoms with Gasteiger partial charge in [-0.2, -0.15) is 52.7 Å². The number of nitrogens with zero attached hydrogens (tertiary/aromatic N) is 2. The van der Waals surface area contributed by atoms with Crippen LogP contribution in [-0.2, 0) is 40.1 Å². The maximum absolute atomic E-state index is 12.5. The van der Waals surface area contributed by atoms with Gasteiger partial charge in [0.25, 0.3) is 20.0 Å². The van der Waals surface area contributed by atoms with E-state index >= 15 is 0 Å². The number of alkyl halides is 12. The Morgan fingerprint density at radius 2 is 0.628 bits per heavy atom. The summed E-state index contributed by atoms with van der Waals surface area (Å²) in [7, 11) is -26.0. The Morgan fingerprint density at radius 3 is 0.923 bits per heavy atom. The van der Waals surface area contributed by atoms with Crippen molar-refractivity contribution in [3.63, 3.8) is 0 Å². The predicted molar refractivity (Wildman–Crippen MR) is 281 cm³/mol. The van der Waals surface area contributed by atoms with Crippen molar-refractivity contribution in [3.05, 3.63) is 4.13 Å². The highest BCUT2D eigenvalue weighted by molar-refractivity contribution is 8.13. The maximum Gasteiger partial charge on any atom is 0.429 e. The number of halogens is 12. The first-order valence-electron chi connectivity index (χ1n) is 28.6. The van der Waals surface area contributed by atoms with Gasteiger partial charge in [0.1, 0.15) is 0 Å². The van der Waals surface area contributed by atoms with Gasteiger partial charge >= 0.3 is 32.9 Å². The summed E-state index contributed by atoms with van der Waals surface area (Å²) in [6.07, 6.45) is 53.0. The number of sulfonamides is 4. The first-order valence-corrected chi connectivity index (χ1v) is 34.5. The Kier molecular flexibility index (Phi) is 34.4. The number of unbranched alkanes of at least 4 members (excludes halogenated alkanes) is 30. The molecule has 0 aromatic carbocycles. The second kappa shape index (κ2) is 35.8. The third-order valence-electron chi connectivity index (χ3n) is 14.4. The molecule has 4 rings (SSSR count). The van der Waals surface area contributed by atoms with Gasteiger partial charge in [-0.05, 0) is 51.7 Å². The molecule has 28 heteroatoms. The van der Waals surface area contributed by atoms with Crippen LogP contribution in [0.25, 0.3) is 4.13 Å². The van der Waals surface area contributed by atoms with Crippen LogP contribution in [-0.4, -0.2) is 111 Å². The highest BCUT2D eigenvalue weighted by atomic mass is 32.3. The molecule has 0 atom stereocenters. The first-order chi connectivity index (χ1) is 36.3. The normalized spacial score (nSPS) is 22.7. The molecule has 12 nitrogen and oxygen atoms in total. The quantitative estimate of drug-likeness (QED) is 0.0470. The zero-order chi connectivity index (χ0) is 59.3. The highest BCUT2D eigenvalue weighted by Gasteiger charge is 2.86. The lowest BCUT2D eigenvalue weighted by atomic mass is 10.0. The van der Waals surface area contributed by atoms with E-state index in [-0.39, 0.29) is 4.13 Å². The van der Waals surface area contributed by atoms with Crippen molar-refractivity contribution in [3.8, 4) is 0 Å². The minimum absolute atomic E-state index is 0.167. The molecule has 4 heterocycles. The fraction of sp³-hybridized carbons (Fsp3) is 1.00. The standard InChI is InChI=1S/2C22H45N.C3HF6NO4S2.C3F6NO4S2/c2*1-2-3-4-5-6-7-8-9-10-11-12-13-14-15-16-17-20-23-21-18-19-22-23;2*4-1(5)2(6,7)15(11,12)10-16(13,14)3(1,8)9/h2*2-22H2,1H3;10H;/q;;;-1/p+1. The summed E-state index contributed by atoms with van der Waals surface area (Å²) in [4.78, 5) is 4.54. The zero-order valence-corrected chi connectivity index (χ0v) is 49.3. The van der Waals surface area contributed by atoms with Crippen LogP contribution in [0, 0.1) is 0 Å². The molecule has 0 saturated carbocycles. The Morgan fingerprint density at radius 1 is 0.372 bits per heavy atom. The van der Waals surface area contributed by atoms with Crippen molar-refractivity contribution >= 4 is 40.1 Å². The van der Waals surface area contributed by atoms with Gasteiger partial charge in [-0.1, -0.05) is 204 Å². The molecule has 0 aliphatic carbocycles. The topological polar surface area (TPSA) is 170 Å². The van der Waals surface area contributed by atoms with Gasteiger partial charge in [0, 0.05) is 12.8 Å². The molecule has 0 bridgehead atoms. The van der Waals surface area contributed by atoms with E-state index in [2.05, 4.69) is 18.7 Å². The van der Waals surface area contributed by atoms with Crippen molar-refractivity contribution in [2.24, 2.45) is 0 Å². The molecule has 0 spiro atoms. The number of likely N-dealkylation sites (tertiary alicyclic amines) is 2. The van der Waals surface area contributed by atoms with Gasteiger partial charge in [0.15, 0.2) is 20.0 Å². The third-order valence-corrected chi connectivity index (χ3v) is 21.4. The Hall–Kier alpha value is -1.20. The van der Waals surface area contributed by atoms with Gasteiger partial charge in [-0.25, -0.2) is 33.7 Å². The second-order valence-electron chi connectivity index (χ2n) is 21.2. The van der Waals surface area contributed by atoms with Crippen molar-refractivity contribution in [2.45, 2.75) is 278 Å². The summed E-state index contributed by atoms with van der Waals surface area (Å²) in [6.45, 7) is 13.1. The lowest BCUT2D eigenvalue weighted by Crippen LogP contribution is -3.09. The average molecular weight is 1230 g/mol. The van der Waals surface area contributed by atoms with Crippen LogP contribution >= 0.6 is 0 Å². The van der Waals surface area contributed by atoms with Crippen LogP contribution in [0.5, 0.6) is 0 Å². The molecule has 2 N–H and O–H groups in total. The number of rotatable bonds is 34. The van der Waals surface area contributed by atoms with E-state index in [1.54, 1.807) is 0 Å². The van der Waals surface area contributed by atoms with E-state index in [0.717, 1.165) is 4.13 Å². The van der Waals surface area contributed by atoms with Crippen molar-refractivity contribution in [1.82, 2.24) is 9.03 Å². The number of hydrogen-bond acceptors (Lipinski definition) is 9. The average Bonchev–Trinajstić information content (AvgIpc) is 4.08. The molecule has 0 radical (unpaired) electrons. The van der Waals surface area contributed by atoms with Crippen LogP contribution in [0.2, 0.25) is 0 Å². The molecule has 0 aromatic heterocycles. The minimum Gasteiger partial charge on any atom is -0.425 e. The van der Waals surface area contributed by atoms with Gasteiger partial charge in [-0.15, -0.1) is 0 Å². The number of hydrogen-bond donors (Lipinski definition) is 2. The third kappa shape index (κ3) is 23.1. The summed E-state index contributed by atoms with van der Waals surface area (Å²) in [6, 6.07) is 0. The fourth-order valence-electron chi connectivity index (χ4n) is 9.41. The van der Waals surface area contributed by atoms with E-state index in [1.807, 2.05) is 4.90 Å². The van der Waals surface area contributed by atoms with Crippen LogP contribution in [0.4, 0.5) is 52.7 Å². The Balaban J connectivity index is 0.000000527. The fourth-order valence-corrected chi connectivity index (χ4v) is 15.1. The predicted octanol–water partition coefficient (Wildman–Crippen LogP) is 14.2. The maximum atomic E-state index is 12.5. The second-order valence-corrected chi connectivity index (χ2v) is 28.4. The smallest absolute Gasteiger partial charge is 0.425 e. The molecule has 4 aliphatic rings. The monoisotopic (exact) mass is 1230 g/mol. The summed E-state index contributed by atoms with van der Waals surface area (Å²) >= 11 is 0. The zero-order valence-electron chi connectivity index (χ0n) is 46.0. The summed E-state index contributed by atoms with van der Waals surface area (Å²) < 4.78 is 233. The number of quaternary nitrogens is 1. The molecule has 0 aromatic rings. The van der Waals surface area contributed by atoms with E-state index in [1.165, 1.54) is 270 Å². The van der Waals surface area contributed by atoms with Crippen molar-refractivity contribution in [1.29, 1.82) is 0 Å². The summed E-state index contributed by atoms with van der Waals surface area (Å²) in [5.74, 6) is -13.2. The van der Waals surface area contributed by atoms with Gasteiger partial charge in [0.05, 0.1) is 19.6 Å². The summed E-state index contributed by atoms with van der Waals surface area (Å²) in [5.41, 5.74) is 0. The van der Waals surface area contributed by atoms with Gasteiger partial charge in [-0.3, -0.25) is 0 Å². The van der Waals surface area contributed by atoms with Crippen LogP contribution in [0.3, 0.4) is 0 Å². The molecule has 0 amide bonds. The lowest BCUT2D eigenvalue weighted by molar-refractivity contribution is -0.887. The Bertz CT molecular complexity index is 1850. The van der Waals surface area contributed by atoms with Crippen molar-refractivity contribution in [2.75, 3.05) is 39.3 Å². The van der Waals surface area contributed by atoms with E-state index in [4.69, 9.17) is 0 Å². The minimum atomic E-state index is -6.60. The van der Waals surface area contributed by atoms with E-state index in [9.17, 15) is 86.4 Å². The van der Waals surface area contributed by atoms with Crippen molar-refractivity contribution < 1.29 is 91.3 Å². The highest BCUT2D eigenvalue weighted by Crippen LogP contribution is 2.58. The largest absolute Gasteiger partial charge is 0.429 e. The molecule has 4 fully saturated rings. The van der Waals surface area contributed by atoms with E-state index in [0.29, 0.717) is 0 Å². The molecular weight excluding hydrogens is 1140 g/mol. The first kappa shape index (κ1) is 74.8. The van der Waals surface area contributed by atoms with E-state index < -0.39 is 73.0 Å². The molecule has 4 saturated heterocycles. The number of nitrogens with one attached hydrogen (secondary N) is 2. The Labute approximate surface area is 459 Å². The molecule has 468 valence electrons. The lowest BCUT2D eigenvalue weighted by Gasteiger charge is -2.42. The summed E-state index contributed by atoms with van der Waals surface area (Å²) in [5, 5.41) is -25.1. The van der Waals surface area contributed by atoms with Crippen LogP contribution < -0.4 is 9.03 Å². The van der Waals surface area contributed by atoms with Crippen LogP contribution in [0.15, 0.2) is 0 Å². The van der Waals surface area contributed by atoms with Gasteiger partial charge in [0.2, 0.25) is 0 Å². The SMILES string of the molecule is CCCCCCCCCCCCCCCCCCN1CCCC1.CCCCCCCCCCCCCCCCCC[NH+]1CCCC1.O=S1(=O)NS(=O)(=O)C(F)(F)C(F)(F)C1(F)F.O=S1(=O)[N-]S(=O)(=O)C(F)(F)C(F)(F)C1(F)F.